The largest absolute Gasteiger partial charge is 0.459 e. The van der Waals surface area contributed by atoms with E-state index >= 15 is 0 Å². The van der Waals surface area contributed by atoms with Crippen LogP contribution in [0.2, 0.25) is 0 Å². The maximum atomic E-state index is 12.5. The SMILES string of the molecule is O=S(=O)(c1cccs1)N1CC[NH+](Cc2nnc(-c3ccco3)o2)CC1. The molecule has 0 saturated carbocycles. The second-order valence-electron chi connectivity index (χ2n) is 5.74. The molecule has 4 rings (SSSR count). The van der Waals surface area contributed by atoms with Crippen LogP contribution in [0.5, 0.6) is 0 Å². The van der Waals surface area contributed by atoms with E-state index in [0.717, 1.165) is 0 Å². The Bertz CT molecular complexity index is 911. The highest BCUT2D eigenvalue weighted by Crippen LogP contribution is 2.21. The zero-order chi connectivity index (χ0) is 17.3. The molecular weight excluding hydrogens is 364 g/mol. The van der Waals surface area contributed by atoms with Crippen molar-refractivity contribution >= 4 is 21.4 Å². The number of rotatable bonds is 5. The summed E-state index contributed by atoms with van der Waals surface area (Å²) in [7, 11) is -3.37. The third-order valence-corrected chi connectivity index (χ3v) is 7.39. The molecule has 0 radical (unpaired) electrons. The normalized spacial score (nSPS) is 17.1. The first-order valence-electron chi connectivity index (χ1n) is 7.86. The lowest BCUT2D eigenvalue weighted by atomic mass is 10.3. The average molecular weight is 381 g/mol. The van der Waals surface area contributed by atoms with Crippen LogP contribution in [0.15, 0.2) is 49.0 Å². The standard InChI is InChI=1S/C15H16N4O4S2/c20-25(21,14-4-2-10-24-14)19-7-5-18(6-8-19)11-13-16-17-15(23-13)12-3-1-9-22-12/h1-4,9-10H,5-8,11H2/p+1. The van der Waals surface area contributed by atoms with Gasteiger partial charge in [-0.2, -0.15) is 4.31 Å². The molecule has 0 spiro atoms. The molecule has 1 saturated heterocycles. The maximum Gasteiger partial charge on any atom is 0.283 e. The Balaban J connectivity index is 1.36. The first kappa shape index (κ1) is 16.5. The highest BCUT2D eigenvalue weighted by atomic mass is 32.2. The Labute approximate surface area is 148 Å². The Kier molecular flexibility index (Phi) is 4.42. The first-order chi connectivity index (χ1) is 12.1. The Morgan fingerprint density at radius 2 is 2.04 bits per heavy atom. The van der Waals surface area contributed by atoms with Gasteiger partial charge in [-0.1, -0.05) is 6.07 Å². The smallest absolute Gasteiger partial charge is 0.283 e. The summed E-state index contributed by atoms with van der Waals surface area (Å²) in [6.45, 7) is 2.93. The van der Waals surface area contributed by atoms with Crippen molar-refractivity contribution < 1.29 is 22.2 Å². The van der Waals surface area contributed by atoms with E-state index in [1.54, 1.807) is 40.2 Å². The number of thiophene rings is 1. The van der Waals surface area contributed by atoms with Crippen LogP contribution in [0.1, 0.15) is 5.89 Å². The molecule has 132 valence electrons. The van der Waals surface area contributed by atoms with Gasteiger partial charge in [-0.15, -0.1) is 21.5 Å². The summed E-state index contributed by atoms with van der Waals surface area (Å²) >= 11 is 1.25. The van der Waals surface area contributed by atoms with Gasteiger partial charge in [0, 0.05) is 0 Å². The van der Waals surface area contributed by atoms with Crippen molar-refractivity contribution in [1.29, 1.82) is 0 Å². The van der Waals surface area contributed by atoms with E-state index in [0.29, 0.717) is 54.5 Å². The Morgan fingerprint density at radius 1 is 1.20 bits per heavy atom. The lowest BCUT2D eigenvalue weighted by Crippen LogP contribution is -3.13. The minimum absolute atomic E-state index is 0.360. The van der Waals surface area contributed by atoms with Crippen molar-refractivity contribution in [2.45, 2.75) is 10.8 Å². The first-order valence-corrected chi connectivity index (χ1v) is 10.2. The third kappa shape index (κ3) is 3.38. The maximum absolute atomic E-state index is 12.5. The molecule has 0 aliphatic carbocycles. The topological polar surface area (TPSA) is 93.9 Å². The molecule has 3 aromatic heterocycles. The second-order valence-corrected chi connectivity index (χ2v) is 8.85. The van der Waals surface area contributed by atoms with Crippen LogP contribution >= 0.6 is 11.3 Å². The van der Waals surface area contributed by atoms with Gasteiger partial charge in [0.25, 0.3) is 21.8 Å². The molecular formula is C15H17N4O4S2+. The second kappa shape index (κ2) is 6.71. The van der Waals surface area contributed by atoms with Crippen LogP contribution in [-0.2, 0) is 16.6 Å². The molecule has 1 N–H and O–H groups in total. The van der Waals surface area contributed by atoms with Gasteiger partial charge in [0.2, 0.25) is 0 Å². The highest BCUT2D eigenvalue weighted by Gasteiger charge is 2.31. The molecule has 1 fully saturated rings. The molecule has 0 aromatic carbocycles. The molecule has 0 amide bonds. The fourth-order valence-corrected chi connectivity index (χ4v) is 5.38. The van der Waals surface area contributed by atoms with Crippen molar-refractivity contribution in [2.75, 3.05) is 26.2 Å². The van der Waals surface area contributed by atoms with Crippen molar-refractivity contribution in [2.24, 2.45) is 0 Å². The summed E-state index contributed by atoms with van der Waals surface area (Å²) < 4.78 is 37.8. The van der Waals surface area contributed by atoms with E-state index in [2.05, 4.69) is 10.2 Å². The zero-order valence-electron chi connectivity index (χ0n) is 13.3. The minimum atomic E-state index is -3.37. The van der Waals surface area contributed by atoms with E-state index < -0.39 is 10.0 Å². The van der Waals surface area contributed by atoms with E-state index in [4.69, 9.17) is 8.83 Å². The molecule has 0 atom stereocenters. The number of sulfonamides is 1. The van der Waals surface area contributed by atoms with Gasteiger partial charge >= 0.3 is 0 Å². The summed E-state index contributed by atoms with van der Waals surface area (Å²) in [5.74, 6) is 1.43. The van der Waals surface area contributed by atoms with Crippen molar-refractivity contribution in [3.63, 3.8) is 0 Å². The zero-order valence-corrected chi connectivity index (χ0v) is 14.9. The summed E-state index contributed by atoms with van der Waals surface area (Å²) in [5.41, 5.74) is 0. The van der Waals surface area contributed by atoms with Crippen molar-refractivity contribution in [3.05, 3.63) is 41.8 Å². The van der Waals surface area contributed by atoms with Crippen LogP contribution < -0.4 is 4.90 Å². The Hall–Kier alpha value is -2.01. The minimum Gasteiger partial charge on any atom is -0.459 e. The number of hydrogen-bond acceptors (Lipinski definition) is 7. The van der Waals surface area contributed by atoms with E-state index in [9.17, 15) is 8.42 Å². The van der Waals surface area contributed by atoms with Crippen LogP contribution in [0.25, 0.3) is 11.7 Å². The number of quaternary nitrogens is 1. The molecule has 8 nitrogen and oxygen atoms in total. The van der Waals surface area contributed by atoms with Gasteiger partial charge in [0.15, 0.2) is 12.3 Å². The third-order valence-electron chi connectivity index (χ3n) is 4.12. The predicted molar refractivity (Wildman–Crippen MR) is 89.5 cm³/mol. The summed E-state index contributed by atoms with van der Waals surface area (Å²) in [5, 5.41) is 9.81. The van der Waals surface area contributed by atoms with Gasteiger partial charge in [-0.05, 0) is 23.6 Å². The van der Waals surface area contributed by atoms with Gasteiger partial charge in [-0.3, -0.25) is 0 Å². The molecule has 25 heavy (non-hydrogen) atoms. The fourth-order valence-electron chi connectivity index (χ4n) is 2.80. The fraction of sp³-hybridized carbons (Fsp3) is 0.333. The lowest BCUT2D eigenvalue weighted by molar-refractivity contribution is -0.918. The van der Waals surface area contributed by atoms with Crippen LogP contribution in [0, 0.1) is 0 Å². The molecule has 10 heteroatoms. The number of aromatic nitrogens is 2. The van der Waals surface area contributed by atoms with Crippen LogP contribution in [-0.4, -0.2) is 49.1 Å². The number of piperazine rings is 1. The van der Waals surface area contributed by atoms with Crippen molar-refractivity contribution in [1.82, 2.24) is 14.5 Å². The van der Waals surface area contributed by atoms with E-state index in [1.807, 2.05) is 0 Å². The number of nitrogens with one attached hydrogen (secondary N) is 1. The molecule has 0 unspecified atom stereocenters. The van der Waals surface area contributed by atoms with Gasteiger partial charge in [0.05, 0.1) is 32.4 Å². The summed E-state index contributed by atoms with van der Waals surface area (Å²) in [6, 6.07) is 6.93. The van der Waals surface area contributed by atoms with Gasteiger partial charge in [-0.25, -0.2) is 8.42 Å². The van der Waals surface area contributed by atoms with E-state index in [1.165, 1.54) is 16.2 Å². The molecule has 0 bridgehead atoms. The summed E-state index contributed by atoms with van der Waals surface area (Å²) in [6.07, 6.45) is 1.55. The lowest BCUT2D eigenvalue weighted by Gasteiger charge is -2.30. The van der Waals surface area contributed by atoms with Crippen LogP contribution in [0.3, 0.4) is 0 Å². The average Bonchev–Trinajstić information content (AvgIpc) is 3.37. The molecule has 3 aromatic rings. The van der Waals surface area contributed by atoms with Gasteiger partial charge < -0.3 is 13.7 Å². The molecule has 1 aliphatic rings. The van der Waals surface area contributed by atoms with Crippen molar-refractivity contribution in [3.8, 4) is 11.7 Å². The number of hydrogen-bond donors (Lipinski definition) is 1. The van der Waals surface area contributed by atoms with Gasteiger partial charge in [0.1, 0.15) is 4.21 Å². The van der Waals surface area contributed by atoms with Crippen LogP contribution in [0.4, 0.5) is 0 Å². The Morgan fingerprint density at radius 3 is 2.72 bits per heavy atom. The predicted octanol–water partition coefficient (Wildman–Crippen LogP) is 0.480. The molecule has 4 heterocycles. The number of furan rings is 1. The number of nitrogens with zero attached hydrogens (tertiary/aromatic N) is 3. The molecule has 1 aliphatic heterocycles. The van der Waals surface area contributed by atoms with E-state index in [-0.39, 0.29) is 0 Å². The summed E-state index contributed by atoms with van der Waals surface area (Å²) in [4.78, 5) is 1.22. The monoisotopic (exact) mass is 381 g/mol. The highest BCUT2D eigenvalue weighted by molar-refractivity contribution is 7.91. The quantitative estimate of drug-likeness (QED) is 0.691.